The molecule has 3 heterocycles. The van der Waals surface area contributed by atoms with Gasteiger partial charge in [-0.25, -0.2) is 9.97 Å². The van der Waals surface area contributed by atoms with E-state index in [9.17, 15) is 4.79 Å². The normalized spacial score (nSPS) is 17.0. The van der Waals surface area contributed by atoms with E-state index in [0.717, 1.165) is 40.8 Å². The maximum absolute atomic E-state index is 12.0. The van der Waals surface area contributed by atoms with Crippen molar-refractivity contribution in [2.24, 2.45) is 7.05 Å². The van der Waals surface area contributed by atoms with Gasteiger partial charge in [0.25, 0.3) is 0 Å². The number of aryl methyl sites for hydroxylation is 1. The van der Waals surface area contributed by atoms with Gasteiger partial charge >= 0.3 is 0 Å². The van der Waals surface area contributed by atoms with Crippen LogP contribution in [0.1, 0.15) is 18.0 Å². The Bertz CT molecular complexity index is 992. The second-order valence-corrected chi connectivity index (χ2v) is 6.62. The van der Waals surface area contributed by atoms with Gasteiger partial charge < -0.3 is 15.2 Å². The van der Waals surface area contributed by atoms with Crippen molar-refractivity contribution in [2.75, 3.05) is 18.8 Å². The molecule has 0 aliphatic carbocycles. The summed E-state index contributed by atoms with van der Waals surface area (Å²) in [4.78, 5) is 22.5. The van der Waals surface area contributed by atoms with Gasteiger partial charge in [-0.05, 0) is 18.1 Å². The molecule has 6 nitrogen and oxygen atoms in total. The number of benzene rings is 1. The number of nitrogens with zero attached hydrogens (tertiary/aromatic N) is 4. The van der Waals surface area contributed by atoms with Gasteiger partial charge in [-0.1, -0.05) is 36.9 Å². The van der Waals surface area contributed by atoms with Gasteiger partial charge in [-0.15, -0.1) is 0 Å². The average Bonchev–Trinajstić information content (AvgIpc) is 3.26. The van der Waals surface area contributed by atoms with E-state index in [1.54, 1.807) is 0 Å². The molecule has 132 valence electrons. The largest absolute Gasteiger partial charge is 0.383 e. The molecule has 6 heteroatoms. The van der Waals surface area contributed by atoms with E-state index in [2.05, 4.69) is 33.2 Å². The van der Waals surface area contributed by atoms with Crippen LogP contribution in [0.2, 0.25) is 0 Å². The van der Waals surface area contributed by atoms with Gasteiger partial charge in [-0.2, -0.15) is 0 Å². The van der Waals surface area contributed by atoms with Crippen LogP contribution >= 0.6 is 0 Å². The second kappa shape index (κ2) is 6.29. The maximum Gasteiger partial charge on any atom is 0.245 e. The van der Waals surface area contributed by atoms with Crippen molar-refractivity contribution in [1.82, 2.24) is 19.4 Å². The Morgan fingerprint density at radius 1 is 1.31 bits per heavy atom. The number of nitrogen functional groups attached to an aromatic ring is 1. The van der Waals surface area contributed by atoms with Crippen molar-refractivity contribution in [3.63, 3.8) is 0 Å². The number of amides is 1. The fraction of sp³-hybridized carbons (Fsp3) is 0.250. The van der Waals surface area contributed by atoms with Crippen LogP contribution in [0.5, 0.6) is 0 Å². The molecule has 2 N–H and O–H groups in total. The molecule has 1 saturated heterocycles. The topological polar surface area (TPSA) is 77.0 Å². The van der Waals surface area contributed by atoms with E-state index in [-0.39, 0.29) is 11.8 Å². The summed E-state index contributed by atoms with van der Waals surface area (Å²) in [5.74, 6) is 0.673. The summed E-state index contributed by atoms with van der Waals surface area (Å²) in [7, 11) is 2.01. The zero-order chi connectivity index (χ0) is 18.3. The highest BCUT2D eigenvalue weighted by molar-refractivity contribution is 6.02. The Hall–Kier alpha value is -3.15. The molecular formula is C20H21N5O. The highest BCUT2D eigenvalue weighted by Crippen LogP contribution is 2.42. The molecule has 1 unspecified atom stereocenters. The number of rotatable bonds is 3. The van der Waals surface area contributed by atoms with Crippen LogP contribution < -0.4 is 5.73 Å². The lowest BCUT2D eigenvalue weighted by Crippen LogP contribution is -2.26. The first-order valence-corrected chi connectivity index (χ1v) is 8.67. The molecule has 0 spiro atoms. The first kappa shape index (κ1) is 16.3. The molecular weight excluding hydrogens is 326 g/mol. The Balaban J connectivity index is 1.92. The van der Waals surface area contributed by atoms with Crippen molar-refractivity contribution >= 4 is 22.8 Å². The van der Waals surface area contributed by atoms with E-state index < -0.39 is 0 Å². The first-order chi connectivity index (χ1) is 12.6. The number of carbonyl (C=O) groups excluding carboxylic acids is 1. The number of anilines is 1. The van der Waals surface area contributed by atoms with Crippen molar-refractivity contribution in [2.45, 2.75) is 12.3 Å². The summed E-state index contributed by atoms with van der Waals surface area (Å²) in [5, 5.41) is 0.879. The summed E-state index contributed by atoms with van der Waals surface area (Å²) in [5.41, 5.74) is 10.4. The SMILES string of the molecule is C=CC(=O)N1CCC(c2c(-c3ccccc3)c3c(N)ncnc3n2C)C1. The van der Waals surface area contributed by atoms with Gasteiger partial charge in [0.2, 0.25) is 5.91 Å². The summed E-state index contributed by atoms with van der Waals surface area (Å²) in [6.07, 6.45) is 3.78. The Morgan fingerprint density at radius 2 is 2.08 bits per heavy atom. The second-order valence-electron chi connectivity index (χ2n) is 6.62. The third kappa shape index (κ3) is 2.45. The molecule has 0 radical (unpaired) electrons. The molecule has 1 amide bonds. The van der Waals surface area contributed by atoms with Crippen LogP contribution in [0.25, 0.3) is 22.2 Å². The highest BCUT2D eigenvalue weighted by atomic mass is 16.2. The molecule has 1 aromatic carbocycles. The minimum atomic E-state index is -0.0215. The lowest BCUT2D eigenvalue weighted by Gasteiger charge is -2.17. The lowest BCUT2D eigenvalue weighted by molar-refractivity contribution is -0.125. The standard InChI is InChI=1S/C20H21N5O/c1-3-15(26)25-10-9-14(11-25)18-16(13-7-5-4-6-8-13)17-19(21)22-12-23-20(17)24(18)2/h3-8,12,14H,1,9-11H2,2H3,(H2,21,22,23). The van der Waals surface area contributed by atoms with Crippen molar-refractivity contribution in [1.29, 1.82) is 0 Å². The van der Waals surface area contributed by atoms with Crippen LogP contribution in [0.3, 0.4) is 0 Å². The van der Waals surface area contributed by atoms with E-state index in [1.165, 1.54) is 12.4 Å². The van der Waals surface area contributed by atoms with E-state index >= 15 is 0 Å². The predicted molar refractivity (Wildman–Crippen MR) is 102 cm³/mol. The Labute approximate surface area is 152 Å². The smallest absolute Gasteiger partial charge is 0.245 e. The van der Waals surface area contributed by atoms with Crippen LogP contribution in [0.15, 0.2) is 49.3 Å². The molecule has 3 aromatic rings. The van der Waals surface area contributed by atoms with Crippen LogP contribution in [0.4, 0.5) is 5.82 Å². The molecule has 0 saturated carbocycles. The fourth-order valence-corrected chi connectivity index (χ4v) is 3.98. The minimum absolute atomic E-state index is 0.0215. The van der Waals surface area contributed by atoms with Gasteiger partial charge in [0.15, 0.2) is 0 Å². The molecule has 2 aromatic heterocycles. The van der Waals surface area contributed by atoms with Crippen LogP contribution in [-0.4, -0.2) is 38.4 Å². The summed E-state index contributed by atoms with van der Waals surface area (Å²) in [6, 6.07) is 10.2. The molecule has 0 bridgehead atoms. The van der Waals surface area contributed by atoms with Crippen LogP contribution in [-0.2, 0) is 11.8 Å². The molecule has 4 rings (SSSR count). The van der Waals surface area contributed by atoms with E-state index in [0.29, 0.717) is 12.4 Å². The van der Waals surface area contributed by atoms with Crippen LogP contribution in [0, 0.1) is 0 Å². The van der Waals surface area contributed by atoms with Gasteiger partial charge in [-0.3, -0.25) is 4.79 Å². The number of aromatic nitrogens is 3. The van der Waals surface area contributed by atoms with Crippen molar-refractivity contribution < 1.29 is 4.79 Å². The first-order valence-electron chi connectivity index (χ1n) is 8.67. The van der Waals surface area contributed by atoms with E-state index in [4.69, 9.17) is 5.73 Å². The molecule has 1 aliphatic rings. The molecule has 26 heavy (non-hydrogen) atoms. The summed E-state index contributed by atoms with van der Waals surface area (Å²) in [6.45, 7) is 5.00. The fourth-order valence-electron chi connectivity index (χ4n) is 3.98. The number of likely N-dealkylation sites (tertiary alicyclic amines) is 1. The zero-order valence-electron chi connectivity index (χ0n) is 14.7. The predicted octanol–water partition coefficient (Wildman–Crippen LogP) is 2.72. The highest BCUT2D eigenvalue weighted by Gasteiger charge is 2.32. The zero-order valence-corrected chi connectivity index (χ0v) is 14.7. The quantitative estimate of drug-likeness (QED) is 0.739. The number of carbonyl (C=O) groups is 1. The van der Waals surface area contributed by atoms with Crippen molar-refractivity contribution in [3.05, 3.63) is 55.0 Å². The minimum Gasteiger partial charge on any atom is -0.383 e. The Morgan fingerprint density at radius 3 is 2.81 bits per heavy atom. The third-order valence-corrected chi connectivity index (χ3v) is 5.17. The number of hydrogen-bond acceptors (Lipinski definition) is 4. The number of nitrogens with two attached hydrogens (primary N) is 1. The monoisotopic (exact) mass is 347 g/mol. The molecule has 1 aliphatic heterocycles. The van der Waals surface area contributed by atoms with Crippen molar-refractivity contribution in [3.8, 4) is 11.1 Å². The molecule has 1 atom stereocenters. The lowest BCUT2D eigenvalue weighted by atomic mass is 9.94. The Kier molecular flexibility index (Phi) is 3.95. The van der Waals surface area contributed by atoms with Gasteiger partial charge in [0.05, 0.1) is 5.39 Å². The number of fused-ring (bicyclic) bond motifs is 1. The average molecular weight is 347 g/mol. The summed E-state index contributed by atoms with van der Waals surface area (Å²) >= 11 is 0. The van der Waals surface area contributed by atoms with Gasteiger partial charge in [0, 0.05) is 37.3 Å². The van der Waals surface area contributed by atoms with E-state index in [1.807, 2.05) is 30.1 Å². The summed E-state index contributed by atoms with van der Waals surface area (Å²) < 4.78 is 2.10. The third-order valence-electron chi connectivity index (χ3n) is 5.17. The molecule has 1 fully saturated rings. The van der Waals surface area contributed by atoms with Gasteiger partial charge in [0.1, 0.15) is 17.8 Å². The maximum atomic E-state index is 12.0. The number of hydrogen-bond donors (Lipinski definition) is 1.